The number of halogens is 1. The van der Waals surface area contributed by atoms with Crippen molar-refractivity contribution in [1.29, 1.82) is 0 Å². The first-order valence-electron chi connectivity index (χ1n) is 3.33. The summed E-state index contributed by atoms with van der Waals surface area (Å²) in [6.45, 7) is 6.19. The molecule has 0 aliphatic rings. The van der Waals surface area contributed by atoms with Gasteiger partial charge < -0.3 is 5.73 Å². The summed E-state index contributed by atoms with van der Waals surface area (Å²) in [5, 5.41) is 0.542. The lowest BCUT2D eigenvalue weighted by Gasteiger charge is -2.14. The molecule has 0 atom stereocenters. The highest BCUT2D eigenvalue weighted by Crippen LogP contribution is 2.34. The Bertz CT molecular complexity index is 262. The Balaban J connectivity index is 3.13. The highest BCUT2D eigenvalue weighted by molar-refractivity contribution is 7.19. The molecule has 1 aromatic rings. The smallest absolute Gasteiger partial charge is 0.181 e. The maximum absolute atomic E-state index is 5.91. The SMILES string of the molecule is CC(C)(C)c1nc(N)sc1Cl. The van der Waals surface area contributed by atoms with Gasteiger partial charge in [0, 0.05) is 5.41 Å². The predicted molar refractivity (Wildman–Crippen MR) is 50.2 cm³/mol. The monoisotopic (exact) mass is 190 g/mol. The third kappa shape index (κ3) is 1.84. The van der Waals surface area contributed by atoms with Crippen molar-refractivity contribution in [3.63, 3.8) is 0 Å². The highest BCUT2D eigenvalue weighted by Gasteiger charge is 2.21. The summed E-state index contributed by atoms with van der Waals surface area (Å²) in [6.07, 6.45) is 0. The van der Waals surface area contributed by atoms with Gasteiger partial charge in [0.1, 0.15) is 4.34 Å². The van der Waals surface area contributed by atoms with E-state index in [1.54, 1.807) is 0 Å². The summed E-state index contributed by atoms with van der Waals surface area (Å²) >= 11 is 7.23. The lowest BCUT2D eigenvalue weighted by Crippen LogP contribution is -2.12. The molecule has 62 valence electrons. The van der Waals surface area contributed by atoms with Crippen LogP contribution in [0.5, 0.6) is 0 Å². The normalized spacial score (nSPS) is 12.0. The van der Waals surface area contributed by atoms with E-state index in [9.17, 15) is 0 Å². The van der Waals surface area contributed by atoms with Crippen LogP contribution in [0, 0.1) is 0 Å². The molecular weight excluding hydrogens is 180 g/mol. The van der Waals surface area contributed by atoms with Gasteiger partial charge in [-0.1, -0.05) is 43.7 Å². The second-order valence-electron chi connectivity index (χ2n) is 3.42. The number of rotatable bonds is 0. The van der Waals surface area contributed by atoms with Crippen LogP contribution in [-0.4, -0.2) is 4.98 Å². The second kappa shape index (κ2) is 2.64. The molecule has 0 aliphatic heterocycles. The number of nitrogens with zero attached hydrogens (tertiary/aromatic N) is 1. The Morgan fingerprint density at radius 3 is 2.18 bits per heavy atom. The van der Waals surface area contributed by atoms with E-state index in [1.165, 1.54) is 11.3 Å². The third-order valence-electron chi connectivity index (χ3n) is 1.31. The molecule has 0 unspecified atom stereocenters. The van der Waals surface area contributed by atoms with Gasteiger partial charge in [-0.15, -0.1) is 0 Å². The minimum absolute atomic E-state index is 0.00873. The van der Waals surface area contributed by atoms with Crippen molar-refractivity contribution >= 4 is 28.1 Å². The molecule has 0 spiro atoms. The largest absolute Gasteiger partial charge is 0.375 e. The van der Waals surface area contributed by atoms with Gasteiger partial charge in [0.25, 0.3) is 0 Å². The van der Waals surface area contributed by atoms with Gasteiger partial charge in [0.15, 0.2) is 5.13 Å². The van der Waals surface area contributed by atoms with Crippen LogP contribution in [0.3, 0.4) is 0 Å². The molecule has 4 heteroatoms. The number of hydrogen-bond donors (Lipinski definition) is 1. The number of hydrogen-bond acceptors (Lipinski definition) is 3. The average molecular weight is 191 g/mol. The number of nitrogen functional groups attached to an aromatic ring is 1. The van der Waals surface area contributed by atoms with Crippen LogP contribution >= 0.6 is 22.9 Å². The van der Waals surface area contributed by atoms with Gasteiger partial charge in [-0.05, 0) is 0 Å². The zero-order valence-corrected chi connectivity index (χ0v) is 8.38. The summed E-state index contributed by atoms with van der Waals surface area (Å²) in [5.74, 6) is 0. The molecule has 0 aromatic carbocycles. The van der Waals surface area contributed by atoms with Crippen molar-refractivity contribution < 1.29 is 0 Å². The van der Waals surface area contributed by atoms with Crippen LogP contribution < -0.4 is 5.73 Å². The Morgan fingerprint density at radius 1 is 1.45 bits per heavy atom. The van der Waals surface area contributed by atoms with Crippen molar-refractivity contribution in [2.75, 3.05) is 5.73 Å². The van der Waals surface area contributed by atoms with Gasteiger partial charge in [-0.3, -0.25) is 0 Å². The molecule has 0 bridgehead atoms. The third-order valence-corrected chi connectivity index (χ3v) is 2.40. The fourth-order valence-corrected chi connectivity index (χ4v) is 2.11. The van der Waals surface area contributed by atoms with E-state index < -0.39 is 0 Å². The lowest BCUT2D eigenvalue weighted by molar-refractivity contribution is 0.574. The minimum Gasteiger partial charge on any atom is -0.375 e. The molecule has 1 rings (SSSR count). The van der Waals surface area contributed by atoms with Crippen molar-refractivity contribution in [3.05, 3.63) is 10.0 Å². The van der Waals surface area contributed by atoms with Gasteiger partial charge >= 0.3 is 0 Å². The summed E-state index contributed by atoms with van der Waals surface area (Å²) < 4.78 is 0.704. The maximum Gasteiger partial charge on any atom is 0.181 e. The number of nitrogens with two attached hydrogens (primary N) is 1. The van der Waals surface area contributed by atoms with E-state index in [4.69, 9.17) is 17.3 Å². The van der Waals surface area contributed by atoms with Crippen LogP contribution in [0.1, 0.15) is 26.5 Å². The number of thiazole rings is 1. The number of aromatic nitrogens is 1. The zero-order chi connectivity index (χ0) is 8.65. The Hall–Kier alpha value is -0.280. The fourth-order valence-electron chi connectivity index (χ4n) is 0.780. The first-order chi connectivity index (χ1) is 4.91. The van der Waals surface area contributed by atoms with E-state index >= 15 is 0 Å². The van der Waals surface area contributed by atoms with Crippen molar-refractivity contribution in [1.82, 2.24) is 4.98 Å². The van der Waals surface area contributed by atoms with E-state index in [1.807, 2.05) is 0 Å². The Morgan fingerprint density at radius 2 is 2.00 bits per heavy atom. The summed E-state index contributed by atoms with van der Waals surface area (Å²) in [6, 6.07) is 0. The highest BCUT2D eigenvalue weighted by atomic mass is 35.5. The van der Waals surface area contributed by atoms with Crippen molar-refractivity contribution in [2.45, 2.75) is 26.2 Å². The molecule has 0 radical (unpaired) electrons. The van der Waals surface area contributed by atoms with Crippen LogP contribution in [0.2, 0.25) is 4.34 Å². The standard InChI is InChI=1S/C7H11ClN2S/c1-7(2,3)4-5(8)11-6(9)10-4/h1-3H3,(H2,9,10). The van der Waals surface area contributed by atoms with Crippen molar-refractivity contribution in [2.24, 2.45) is 0 Å². The molecule has 0 aliphatic carbocycles. The predicted octanol–water partition coefficient (Wildman–Crippen LogP) is 2.68. The minimum atomic E-state index is -0.00873. The van der Waals surface area contributed by atoms with Crippen LogP contribution in [0.25, 0.3) is 0 Å². The van der Waals surface area contributed by atoms with E-state index in [0.29, 0.717) is 9.47 Å². The van der Waals surface area contributed by atoms with Crippen LogP contribution in [0.15, 0.2) is 0 Å². The summed E-state index contributed by atoms with van der Waals surface area (Å²) in [4.78, 5) is 4.15. The quantitative estimate of drug-likeness (QED) is 0.683. The molecule has 0 amide bonds. The molecule has 0 saturated heterocycles. The van der Waals surface area contributed by atoms with Gasteiger partial charge in [-0.2, -0.15) is 0 Å². The first kappa shape index (κ1) is 8.81. The molecule has 2 nitrogen and oxygen atoms in total. The summed E-state index contributed by atoms with van der Waals surface area (Å²) in [5.41, 5.74) is 6.38. The zero-order valence-electron chi connectivity index (χ0n) is 6.81. The fraction of sp³-hybridized carbons (Fsp3) is 0.571. The van der Waals surface area contributed by atoms with E-state index in [2.05, 4.69) is 25.8 Å². The molecule has 0 saturated carbocycles. The van der Waals surface area contributed by atoms with Gasteiger partial charge in [0.05, 0.1) is 5.69 Å². The second-order valence-corrected chi connectivity index (χ2v) is 5.06. The van der Waals surface area contributed by atoms with E-state index in [-0.39, 0.29) is 5.41 Å². The van der Waals surface area contributed by atoms with Crippen molar-refractivity contribution in [3.8, 4) is 0 Å². The molecule has 1 heterocycles. The summed E-state index contributed by atoms with van der Waals surface area (Å²) in [7, 11) is 0. The average Bonchev–Trinajstić information content (AvgIpc) is 2.08. The molecule has 2 N–H and O–H groups in total. The topological polar surface area (TPSA) is 38.9 Å². The first-order valence-corrected chi connectivity index (χ1v) is 4.53. The maximum atomic E-state index is 5.91. The van der Waals surface area contributed by atoms with Crippen LogP contribution in [-0.2, 0) is 5.41 Å². The molecular formula is C7H11ClN2S. The molecule has 11 heavy (non-hydrogen) atoms. The van der Waals surface area contributed by atoms with Gasteiger partial charge in [0.2, 0.25) is 0 Å². The Kier molecular flexibility index (Phi) is 2.12. The Labute approximate surface area is 75.4 Å². The van der Waals surface area contributed by atoms with Gasteiger partial charge in [-0.25, -0.2) is 4.98 Å². The van der Waals surface area contributed by atoms with Crippen LogP contribution in [0.4, 0.5) is 5.13 Å². The molecule has 0 fully saturated rings. The number of anilines is 1. The lowest BCUT2D eigenvalue weighted by atomic mass is 9.93. The molecule has 1 aromatic heterocycles. The van der Waals surface area contributed by atoms with E-state index in [0.717, 1.165) is 5.69 Å².